The molecular formula is C20H32N4O. The second-order valence-corrected chi connectivity index (χ2v) is 7.49. The molecule has 2 heterocycles. The molecule has 0 aromatic heterocycles. The molecule has 5 nitrogen and oxygen atoms in total. The summed E-state index contributed by atoms with van der Waals surface area (Å²) in [5, 5.41) is 3.52. The van der Waals surface area contributed by atoms with Crippen LogP contribution in [0.4, 0.5) is 0 Å². The quantitative estimate of drug-likeness (QED) is 0.657. The number of ether oxygens (including phenoxy) is 1. The Morgan fingerprint density at radius 2 is 2.08 bits per heavy atom. The fourth-order valence-electron chi connectivity index (χ4n) is 3.75. The van der Waals surface area contributed by atoms with Crippen LogP contribution in [0.5, 0.6) is 0 Å². The van der Waals surface area contributed by atoms with Gasteiger partial charge in [-0.3, -0.25) is 9.89 Å². The summed E-state index contributed by atoms with van der Waals surface area (Å²) in [5.74, 6) is 1.72. The number of hydrogen-bond acceptors (Lipinski definition) is 3. The second kappa shape index (κ2) is 8.68. The van der Waals surface area contributed by atoms with Crippen molar-refractivity contribution in [3.8, 4) is 0 Å². The Morgan fingerprint density at radius 3 is 2.80 bits per heavy atom. The molecule has 3 rings (SSSR count). The summed E-state index contributed by atoms with van der Waals surface area (Å²) in [5.41, 5.74) is 1.38. The molecule has 2 fully saturated rings. The Balaban J connectivity index is 1.60. The number of aliphatic imine (C=N–C) groups is 1. The SMILES string of the molecule is CN=C(NCCC(C)C)N1CC2OCCN(Cc3ccccc3)C2C1. The van der Waals surface area contributed by atoms with Gasteiger partial charge in [0.15, 0.2) is 5.96 Å². The normalized spacial score (nSPS) is 24.6. The summed E-state index contributed by atoms with van der Waals surface area (Å²) in [6.45, 7) is 10.2. The van der Waals surface area contributed by atoms with Gasteiger partial charge in [0.25, 0.3) is 0 Å². The Morgan fingerprint density at radius 1 is 1.28 bits per heavy atom. The average Bonchev–Trinajstić information content (AvgIpc) is 3.04. The second-order valence-electron chi connectivity index (χ2n) is 7.49. The maximum atomic E-state index is 6.07. The molecule has 138 valence electrons. The van der Waals surface area contributed by atoms with Crippen LogP contribution in [0.2, 0.25) is 0 Å². The molecule has 2 unspecified atom stereocenters. The van der Waals surface area contributed by atoms with E-state index in [2.05, 4.69) is 64.3 Å². The first-order chi connectivity index (χ1) is 12.2. The van der Waals surface area contributed by atoms with E-state index in [4.69, 9.17) is 4.74 Å². The van der Waals surface area contributed by atoms with E-state index in [1.54, 1.807) is 0 Å². The number of benzene rings is 1. The maximum absolute atomic E-state index is 6.07. The zero-order chi connectivity index (χ0) is 17.6. The van der Waals surface area contributed by atoms with Crippen LogP contribution in [0.1, 0.15) is 25.8 Å². The third-order valence-corrected chi connectivity index (χ3v) is 5.16. The summed E-state index contributed by atoms with van der Waals surface area (Å²) in [4.78, 5) is 9.43. The zero-order valence-electron chi connectivity index (χ0n) is 15.8. The van der Waals surface area contributed by atoms with E-state index < -0.39 is 0 Å². The summed E-state index contributed by atoms with van der Waals surface area (Å²) in [6, 6.07) is 11.2. The number of fused-ring (bicyclic) bond motifs is 1. The number of hydrogen-bond donors (Lipinski definition) is 1. The lowest BCUT2D eigenvalue weighted by molar-refractivity contribution is -0.0502. The average molecular weight is 345 g/mol. The zero-order valence-corrected chi connectivity index (χ0v) is 15.8. The molecule has 25 heavy (non-hydrogen) atoms. The lowest BCUT2D eigenvalue weighted by Crippen LogP contribution is -2.50. The van der Waals surface area contributed by atoms with Gasteiger partial charge in [-0.15, -0.1) is 0 Å². The van der Waals surface area contributed by atoms with Gasteiger partial charge in [-0.1, -0.05) is 44.2 Å². The molecule has 0 amide bonds. The molecule has 0 spiro atoms. The summed E-state index contributed by atoms with van der Waals surface area (Å²) < 4.78 is 6.07. The minimum atomic E-state index is 0.279. The Kier molecular flexibility index (Phi) is 6.32. The molecule has 1 N–H and O–H groups in total. The van der Waals surface area contributed by atoms with Crippen molar-refractivity contribution in [1.82, 2.24) is 15.1 Å². The van der Waals surface area contributed by atoms with Gasteiger partial charge in [0.05, 0.1) is 18.8 Å². The third-order valence-electron chi connectivity index (χ3n) is 5.16. The molecular weight excluding hydrogens is 312 g/mol. The lowest BCUT2D eigenvalue weighted by atomic mass is 10.1. The van der Waals surface area contributed by atoms with Gasteiger partial charge in [-0.25, -0.2) is 0 Å². The van der Waals surface area contributed by atoms with E-state index in [-0.39, 0.29) is 6.10 Å². The van der Waals surface area contributed by atoms with Crippen LogP contribution in [-0.4, -0.2) is 67.7 Å². The Bertz CT molecular complexity index is 560. The molecule has 2 atom stereocenters. The van der Waals surface area contributed by atoms with Crippen molar-refractivity contribution in [2.45, 2.75) is 39.0 Å². The summed E-state index contributed by atoms with van der Waals surface area (Å²) >= 11 is 0. The number of morpholine rings is 1. The van der Waals surface area contributed by atoms with Gasteiger partial charge in [0, 0.05) is 39.8 Å². The van der Waals surface area contributed by atoms with E-state index >= 15 is 0 Å². The van der Waals surface area contributed by atoms with Crippen molar-refractivity contribution < 1.29 is 4.74 Å². The first-order valence-electron chi connectivity index (χ1n) is 9.52. The maximum Gasteiger partial charge on any atom is 0.193 e. The summed E-state index contributed by atoms with van der Waals surface area (Å²) in [6.07, 6.45) is 1.44. The van der Waals surface area contributed by atoms with Crippen molar-refractivity contribution in [2.75, 3.05) is 39.8 Å². The predicted octanol–water partition coefficient (Wildman–Crippen LogP) is 2.19. The van der Waals surface area contributed by atoms with Crippen LogP contribution >= 0.6 is 0 Å². The van der Waals surface area contributed by atoms with Gasteiger partial charge in [-0.2, -0.15) is 0 Å². The van der Waals surface area contributed by atoms with Gasteiger partial charge in [0.1, 0.15) is 0 Å². The molecule has 1 aromatic rings. The van der Waals surface area contributed by atoms with Crippen LogP contribution in [0.25, 0.3) is 0 Å². The molecule has 0 aliphatic carbocycles. The van der Waals surface area contributed by atoms with E-state index in [1.165, 1.54) is 5.56 Å². The Hall–Kier alpha value is -1.59. The van der Waals surface area contributed by atoms with E-state index in [0.717, 1.165) is 51.7 Å². The van der Waals surface area contributed by atoms with Crippen LogP contribution in [0, 0.1) is 5.92 Å². The fraction of sp³-hybridized carbons (Fsp3) is 0.650. The summed E-state index contributed by atoms with van der Waals surface area (Å²) in [7, 11) is 1.88. The van der Waals surface area contributed by atoms with Gasteiger partial charge in [-0.05, 0) is 17.9 Å². The highest BCUT2D eigenvalue weighted by molar-refractivity contribution is 5.80. The first kappa shape index (κ1) is 18.2. The van der Waals surface area contributed by atoms with Crippen molar-refractivity contribution in [2.24, 2.45) is 10.9 Å². The van der Waals surface area contributed by atoms with Crippen molar-refractivity contribution in [3.63, 3.8) is 0 Å². The first-order valence-corrected chi connectivity index (χ1v) is 9.52. The number of nitrogens with zero attached hydrogens (tertiary/aromatic N) is 3. The fourth-order valence-corrected chi connectivity index (χ4v) is 3.75. The highest BCUT2D eigenvalue weighted by atomic mass is 16.5. The predicted molar refractivity (Wildman–Crippen MR) is 103 cm³/mol. The highest BCUT2D eigenvalue weighted by Crippen LogP contribution is 2.24. The molecule has 2 aliphatic heterocycles. The van der Waals surface area contributed by atoms with Gasteiger partial charge >= 0.3 is 0 Å². The van der Waals surface area contributed by atoms with Gasteiger partial charge < -0.3 is 15.0 Å². The number of likely N-dealkylation sites (tertiary alicyclic amines) is 1. The number of nitrogens with one attached hydrogen (secondary N) is 1. The molecule has 2 saturated heterocycles. The van der Waals surface area contributed by atoms with E-state index in [0.29, 0.717) is 12.0 Å². The number of guanidine groups is 1. The molecule has 2 aliphatic rings. The van der Waals surface area contributed by atoms with Crippen LogP contribution in [0.15, 0.2) is 35.3 Å². The largest absolute Gasteiger partial charge is 0.373 e. The number of rotatable bonds is 5. The molecule has 0 bridgehead atoms. The van der Waals surface area contributed by atoms with Crippen LogP contribution in [0.3, 0.4) is 0 Å². The van der Waals surface area contributed by atoms with Crippen molar-refractivity contribution >= 4 is 5.96 Å². The minimum absolute atomic E-state index is 0.279. The van der Waals surface area contributed by atoms with Gasteiger partial charge in [0.2, 0.25) is 0 Å². The lowest BCUT2D eigenvalue weighted by Gasteiger charge is -2.36. The molecule has 0 radical (unpaired) electrons. The third kappa shape index (κ3) is 4.73. The standard InChI is InChI=1S/C20H32N4O/c1-16(2)9-10-22-20(21-3)24-14-18-19(15-24)25-12-11-23(18)13-17-7-5-4-6-8-17/h4-8,16,18-19H,9-15H2,1-3H3,(H,21,22). The van der Waals surface area contributed by atoms with E-state index in [9.17, 15) is 0 Å². The Labute approximate surface area is 152 Å². The van der Waals surface area contributed by atoms with Crippen LogP contribution in [-0.2, 0) is 11.3 Å². The minimum Gasteiger partial charge on any atom is -0.373 e. The molecule has 5 heteroatoms. The smallest absolute Gasteiger partial charge is 0.193 e. The monoisotopic (exact) mass is 344 g/mol. The van der Waals surface area contributed by atoms with E-state index in [1.807, 2.05) is 7.05 Å². The highest BCUT2D eigenvalue weighted by Gasteiger charge is 2.41. The van der Waals surface area contributed by atoms with Crippen molar-refractivity contribution in [3.05, 3.63) is 35.9 Å². The van der Waals surface area contributed by atoms with Crippen molar-refractivity contribution in [1.29, 1.82) is 0 Å². The molecule has 1 aromatic carbocycles. The molecule has 0 saturated carbocycles. The topological polar surface area (TPSA) is 40.1 Å². The van der Waals surface area contributed by atoms with Crippen LogP contribution < -0.4 is 5.32 Å².